The van der Waals surface area contributed by atoms with Crippen molar-refractivity contribution in [2.75, 3.05) is 12.3 Å². The van der Waals surface area contributed by atoms with E-state index in [1.54, 1.807) is 4.57 Å². The van der Waals surface area contributed by atoms with Crippen LogP contribution in [-0.4, -0.2) is 48.0 Å². The summed E-state index contributed by atoms with van der Waals surface area (Å²) < 4.78 is 7.15. The van der Waals surface area contributed by atoms with Gasteiger partial charge in [-0.1, -0.05) is 71.5 Å². The molecule has 0 saturated heterocycles. The molecule has 1 aliphatic heterocycles. The van der Waals surface area contributed by atoms with Crippen LogP contribution in [0.4, 0.5) is 0 Å². The van der Waals surface area contributed by atoms with E-state index in [1.807, 2.05) is 54.4 Å². The van der Waals surface area contributed by atoms with Gasteiger partial charge in [-0.05, 0) is 17.5 Å². The highest BCUT2D eigenvalue weighted by atomic mass is 32.2. The maximum Gasteiger partial charge on any atom is 0.296 e. The van der Waals surface area contributed by atoms with Crippen LogP contribution in [0, 0.1) is 0 Å². The largest absolute Gasteiger partial charge is 0.337 e. The number of carbonyl (C=O) groups is 1. The van der Waals surface area contributed by atoms with Crippen LogP contribution in [0.1, 0.15) is 11.1 Å². The summed E-state index contributed by atoms with van der Waals surface area (Å²) in [4.78, 5) is 19.1. The first-order valence-electron chi connectivity index (χ1n) is 9.95. The monoisotopic (exact) mass is 432 g/mol. The Morgan fingerprint density at radius 2 is 1.84 bits per heavy atom. The topological polar surface area (TPSA) is 89.9 Å². The molecule has 0 saturated carbocycles. The number of benzene rings is 2. The number of hydrogen-bond donors (Lipinski definition) is 0. The van der Waals surface area contributed by atoms with E-state index >= 15 is 0 Å². The zero-order chi connectivity index (χ0) is 21.2. The molecule has 0 radical (unpaired) electrons. The molecular weight excluding hydrogens is 412 g/mol. The smallest absolute Gasteiger partial charge is 0.296 e. The van der Waals surface area contributed by atoms with E-state index in [0.29, 0.717) is 35.0 Å². The fourth-order valence-electron chi connectivity index (χ4n) is 3.57. The van der Waals surface area contributed by atoms with Gasteiger partial charge in [0.15, 0.2) is 5.16 Å². The number of nitrogens with zero attached hydrogens (tertiary/aromatic N) is 6. The predicted octanol–water partition coefficient (Wildman–Crippen LogP) is 3.21. The average Bonchev–Trinajstić information content (AvgIpc) is 3.44. The van der Waals surface area contributed by atoms with E-state index in [0.717, 1.165) is 18.5 Å². The summed E-state index contributed by atoms with van der Waals surface area (Å²) in [6, 6.07) is 17.9. The molecule has 0 N–H and O–H groups in total. The third kappa shape index (κ3) is 3.96. The van der Waals surface area contributed by atoms with Crippen LogP contribution in [-0.2, 0) is 24.8 Å². The van der Waals surface area contributed by atoms with Gasteiger partial charge in [0, 0.05) is 25.7 Å². The van der Waals surface area contributed by atoms with Gasteiger partial charge in [0.05, 0.1) is 5.75 Å². The molecule has 8 nitrogen and oxygen atoms in total. The molecule has 156 valence electrons. The molecule has 3 heterocycles. The van der Waals surface area contributed by atoms with Gasteiger partial charge in [-0.15, -0.1) is 10.2 Å². The summed E-state index contributed by atoms with van der Waals surface area (Å²) in [5.41, 5.74) is 3.41. The third-order valence-corrected chi connectivity index (χ3v) is 6.30. The quantitative estimate of drug-likeness (QED) is 0.447. The number of fused-ring (bicyclic) bond motifs is 1. The molecule has 1 amide bonds. The van der Waals surface area contributed by atoms with E-state index in [9.17, 15) is 4.79 Å². The van der Waals surface area contributed by atoms with E-state index in [1.165, 1.54) is 22.9 Å². The Labute approximate surface area is 183 Å². The molecule has 4 aromatic rings. The van der Waals surface area contributed by atoms with Gasteiger partial charge in [-0.3, -0.25) is 4.79 Å². The molecule has 0 atom stereocenters. The molecule has 9 heteroatoms. The SMILES string of the molecule is Cn1c(SCC(=O)N2CCc3ccccc3C2)nnc1-c1nc(-c2ccccc2)no1. The van der Waals surface area contributed by atoms with Crippen LogP contribution in [0.2, 0.25) is 0 Å². The second-order valence-corrected chi connectivity index (χ2v) is 8.22. The van der Waals surface area contributed by atoms with E-state index in [-0.39, 0.29) is 5.91 Å². The van der Waals surface area contributed by atoms with E-state index < -0.39 is 0 Å². The highest BCUT2D eigenvalue weighted by Gasteiger charge is 2.22. The maximum atomic E-state index is 12.7. The fourth-order valence-corrected chi connectivity index (χ4v) is 4.39. The van der Waals surface area contributed by atoms with E-state index in [4.69, 9.17) is 4.52 Å². The lowest BCUT2D eigenvalue weighted by Crippen LogP contribution is -2.37. The summed E-state index contributed by atoms with van der Waals surface area (Å²) in [7, 11) is 1.83. The minimum absolute atomic E-state index is 0.0909. The summed E-state index contributed by atoms with van der Waals surface area (Å²) in [6.07, 6.45) is 0.890. The Balaban J connectivity index is 1.25. The second-order valence-electron chi connectivity index (χ2n) is 7.28. The van der Waals surface area contributed by atoms with Crippen LogP contribution in [0.15, 0.2) is 64.3 Å². The first kappa shape index (κ1) is 19.5. The molecule has 2 aromatic heterocycles. The lowest BCUT2D eigenvalue weighted by molar-refractivity contribution is -0.129. The van der Waals surface area contributed by atoms with Gasteiger partial charge in [-0.25, -0.2) is 0 Å². The number of aromatic nitrogens is 5. The van der Waals surface area contributed by atoms with Crippen LogP contribution in [0.3, 0.4) is 0 Å². The lowest BCUT2D eigenvalue weighted by Gasteiger charge is -2.28. The molecule has 0 unspecified atom stereocenters. The molecule has 31 heavy (non-hydrogen) atoms. The fraction of sp³-hybridized carbons (Fsp3) is 0.227. The summed E-state index contributed by atoms with van der Waals surface area (Å²) >= 11 is 1.36. The number of hydrogen-bond acceptors (Lipinski definition) is 7. The zero-order valence-electron chi connectivity index (χ0n) is 16.9. The first-order valence-corrected chi connectivity index (χ1v) is 10.9. The van der Waals surface area contributed by atoms with Crippen molar-refractivity contribution < 1.29 is 9.32 Å². The predicted molar refractivity (Wildman–Crippen MR) is 116 cm³/mol. The van der Waals surface area contributed by atoms with Gasteiger partial charge < -0.3 is 14.0 Å². The number of thioether (sulfide) groups is 1. The van der Waals surface area contributed by atoms with Crippen LogP contribution < -0.4 is 0 Å². The van der Waals surface area contributed by atoms with Crippen molar-refractivity contribution in [2.45, 2.75) is 18.1 Å². The van der Waals surface area contributed by atoms with Crippen molar-refractivity contribution >= 4 is 17.7 Å². The van der Waals surface area contributed by atoms with Crippen molar-refractivity contribution in [3.8, 4) is 23.1 Å². The summed E-state index contributed by atoms with van der Waals surface area (Å²) in [6.45, 7) is 1.40. The Bertz CT molecular complexity index is 1220. The highest BCUT2D eigenvalue weighted by Crippen LogP contribution is 2.25. The standard InChI is InChI=1S/C22H20N6O2S/c1-27-20(21-23-19(26-30-21)16-8-3-2-4-9-16)24-25-22(27)31-14-18(29)28-12-11-15-7-5-6-10-17(15)13-28/h2-10H,11-14H2,1H3. The normalized spacial score (nSPS) is 13.3. The Hall–Kier alpha value is -3.46. The van der Waals surface area contributed by atoms with Gasteiger partial charge in [-0.2, -0.15) is 4.98 Å². The van der Waals surface area contributed by atoms with Gasteiger partial charge in [0.2, 0.25) is 17.6 Å². The summed E-state index contributed by atoms with van der Waals surface area (Å²) in [5.74, 6) is 1.64. The van der Waals surface area contributed by atoms with E-state index in [2.05, 4.69) is 32.5 Å². The average molecular weight is 433 g/mol. The number of carbonyl (C=O) groups excluding carboxylic acids is 1. The minimum atomic E-state index is 0.0909. The number of rotatable bonds is 5. The van der Waals surface area contributed by atoms with Crippen LogP contribution in [0.25, 0.3) is 23.1 Å². The molecule has 5 rings (SSSR count). The zero-order valence-corrected chi connectivity index (χ0v) is 17.7. The molecule has 0 bridgehead atoms. The Kier molecular flexibility index (Phi) is 5.25. The molecule has 0 spiro atoms. The van der Waals surface area contributed by atoms with Crippen molar-refractivity contribution in [3.63, 3.8) is 0 Å². The third-order valence-electron chi connectivity index (χ3n) is 5.29. The highest BCUT2D eigenvalue weighted by molar-refractivity contribution is 7.99. The Morgan fingerprint density at radius 1 is 1.06 bits per heavy atom. The number of amides is 1. The molecule has 2 aromatic carbocycles. The van der Waals surface area contributed by atoms with Gasteiger partial charge >= 0.3 is 0 Å². The van der Waals surface area contributed by atoms with Gasteiger partial charge in [0.25, 0.3) is 5.89 Å². The van der Waals surface area contributed by atoms with Crippen molar-refractivity contribution in [3.05, 3.63) is 65.7 Å². The summed E-state index contributed by atoms with van der Waals surface area (Å²) in [5, 5.41) is 13.0. The Morgan fingerprint density at radius 3 is 2.68 bits per heavy atom. The second kappa shape index (κ2) is 8.35. The van der Waals surface area contributed by atoms with Crippen LogP contribution in [0.5, 0.6) is 0 Å². The molecule has 1 aliphatic rings. The van der Waals surface area contributed by atoms with Crippen LogP contribution >= 0.6 is 11.8 Å². The molecular formula is C22H20N6O2S. The molecule has 0 aliphatic carbocycles. The maximum absolute atomic E-state index is 12.7. The van der Waals surface area contributed by atoms with Crippen molar-refractivity contribution in [1.82, 2.24) is 29.8 Å². The van der Waals surface area contributed by atoms with Crippen molar-refractivity contribution in [1.29, 1.82) is 0 Å². The minimum Gasteiger partial charge on any atom is -0.337 e. The molecule has 0 fully saturated rings. The lowest BCUT2D eigenvalue weighted by atomic mass is 10.00. The van der Waals surface area contributed by atoms with Gasteiger partial charge in [0.1, 0.15) is 0 Å². The van der Waals surface area contributed by atoms with Crippen molar-refractivity contribution in [2.24, 2.45) is 7.05 Å². The first-order chi connectivity index (χ1) is 15.2.